The van der Waals surface area contributed by atoms with Crippen LogP contribution in [0.4, 0.5) is 0 Å². The SMILES string of the molecule is CCC(C)c1ccc2c(c1)C(CC)(CC)c1cc(C(C)Br)ccc1-2. The Morgan fingerprint density at radius 2 is 1.33 bits per heavy atom. The molecule has 0 amide bonds. The fourth-order valence-corrected chi connectivity index (χ4v) is 4.62. The normalized spacial score (nSPS) is 17.2. The first-order valence-corrected chi connectivity index (χ1v) is 10.3. The fraction of sp³-hybridized carbons (Fsp3) is 0.478. The maximum atomic E-state index is 3.75. The van der Waals surface area contributed by atoms with Crippen molar-refractivity contribution in [2.45, 2.75) is 70.0 Å². The van der Waals surface area contributed by atoms with Crippen LogP contribution in [-0.4, -0.2) is 0 Å². The van der Waals surface area contributed by atoms with Gasteiger partial charge in [0.25, 0.3) is 0 Å². The highest BCUT2D eigenvalue weighted by Gasteiger charge is 2.40. The van der Waals surface area contributed by atoms with Gasteiger partial charge in [0.2, 0.25) is 0 Å². The van der Waals surface area contributed by atoms with Gasteiger partial charge in [-0.25, -0.2) is 0 Å². The summed E-state index contributed by atoms with van der Waals surface area (Å²) in [5.74, 6) is 0.628. The summed E-state index contributed by atoms with van der Waals surface area (Å²) in [5.41, 5.74) is 9.04. The number of alkyl halides is 1. The lowest BCUT2D eigenvalue weighted by Crippen LogP contribution is -2.23. The van der Waals surface area contributed by atoms with Crippen molar-refractivity contribution >= 4 is 15.9 Å². The molecule has 0 bridgehead atoms. The average molecular weight is 385 g/mol. The number of halogens is 1. The van der Waals surface area contributed by atoms with E-state index in [1.165, 1.54) is 34.2 Å². The van der Waals surface area contributed by atoms with Crippen LogP contribution < -0.4 is 0 Å². The number of benzene rings is 2. The molecule has 0 aliphatic heterocycles. The molecule has 1 heteroatoms. The van der Waals surface area contributed by atoms with Crippen LogP contribution in [0.15, 0.2) is 36.4 Å². The third-order valence-corrected chi connectivity index (χ3v) is 6.79. The molecule has 1 aliphatic carbocycles. The molecule has 0 saturated heterocycles. The topological polar surface area (TPSA) is 0 Å². The third kappa shape index (κ3) is 2.56. The van der Waals surface area contributed by atoms with E-state index in [1.54, 1.807) is 5.56 Å². The van der Waals surface area contributed by atoms with Gasteiger partial charge in [0.15, 0.2) is 0 Å². The quantitative estimate of drug-likeness (QED) is 0.462. The lowest BCUT2D eigenvalue weighted by Gasteiger charge is -2.30. The summed E-state index contributed by atoms with van der Waals surface area (Å²) >= 11 is 3.75. The van der Waals surface area contributed by atoms with E-state index in [0.717, 1.165) is 12.8 Å². The van der Waals surface area contributed by atoms with Crippen molar-refractivity contribution in [2.24, 2.45) is 0 Å². The van der Waals surface area contributed by atoms with Crippen LogP contribution in [0.2, 0.25) is 0 Å². The van der Waals surface area contributed by atoms with E-state index in [0.29, 0.717) is 10.7 Å². The molecule has 0 fully saturated rings. The molecule has 128 valence electrons. The zero-order chi connectivity index (χ0) is 17.5. The van der Waals surface area contributed by atoms with Crippen LogP contribution >= 0.6 is 15.9 Å². The maximum absolute atomic E-state index is 3.75. The minimum atomic E-state index is 0.173. The standard InChI is InChI=1S/C23H29Br/c1-6-15(4)17-9-11-19-20-12-10-18(16(5)24)14-22(20)23(7-2,8-3)21(19)13-17/h9-16H,6-8H2,1-5H3. The van der Waals surface area contributed by atoms with Gasteiger partial charge < -0.3 is 0 Å². The first-order valence-electron chi connectivity index (χ1n) is 9.41. The van der Waals surface area contributed by atoms with E-state index in [9.17, 15) is 0 Å². The smallest absolute Gasteiger partial charge is 0.0367 e. The van der Waals surface area contributed by atoms with Gasteiger partial charge >= 0.3 is 0 Å². The van der Waals surface area contributed by atoms with E-state index in [-0.39, 0.29) is 5.41 Å². The second kappa shape index (κ2) is 6.67. The van der Waals surface area contributed by atoms with Gasteiger partial charge in [-0.3, -0.25) is 0 Å². The van der Waals surface area contributed by atoms with E-state index in [4.69, 9.17) is 0 Å². The lowest BCUT2D eigenvalue weighted by molar-refractivity contribution is 0.489. The second-order valence-corrected chi connectivity index (χ2v) is 8.70. The van der Waals surface area contributed by atoms with Crippen molar-refractivity contribution in [3.05, 3.63) is 58.7 Å². The Hall–Kier alpha value is -1.08. The van der Waals surface area contributed by atoms with Crippen molar-refractivity contribution in [3.63, 3.8) is 0 Å². The molecule has 0 saturated carbocycles. The molecule has 0 spiro atoms. The lowest BCUT2D eigenvalue weighted by atomic mass is 9.73. The number of fused-ring (bicyclic) bond motifs is 3. The molecule has 2 atom stereocenters. The van der Waals surface area contributed by atoms with Crippen molar-refractivity contribution in [1.29, 1.82) is 0 Å². The van der Waals surface area contributed by atoms with Gasteiger partial charge in [-0.15, -0.1) is 0 Å². The van der Waals surface area contributed by atoms with Crippen molar-refractivity contribution in [2.75, 3.05) is 0 Å². The van der Waals surface area contributed by atoms with Gasteiger partial charge in [-0.05, 0) is 65.5 Å². The van der Waals surface area contributed by atoms with Crippen LogP contribution in [0, 0.1) is 0 Å². The average Bonchev–Trinajstić information content (AvgIpc) is 2.89. The zero-order valence-electron chi connectivity index (χ0n) is 15.6. The van der Waals surface area contributed by atoms with E-state index >= 15 is 0 Å². The van der Waals surface area contributed by atoms with Gasteiger partial charge in [-0.1, -0.05) is 80.0 Å². The Balaban J connectivity index is 2.25. The molecule has 2 aromatic carbocycles. The predicted molar refractivity (Wildman–Crippen MR) is 109 cm³/mol. The van der Waals surface area contributed by atoms with Crippen LogP contribution in [-0.2, 0) is 5.41 Å². The van der Waals surface area contributed by atoms with Crippen LogP contribution in [0.5, 0.6) is 0 Å². The second-order valence-electron chi connectivity index (χ2n) is 7.32. The Bertz CT molecular complexity index is 738. The summed E-state index contributed by atoms with van der Waals surface area (Å²) in [6.07, 6.45) is 3.52. The van der Waals surface area contributed by atoms with E-state index < -0.39 is 0 Å². The maximum Gasteiger partial charge on any atom is 0.0367 e. The molecule has 2 unspecified atom stereocenters. The highest BCUT2D eigenvalue weighted by atomic mass is 79.9. The van der Waals surface area contributed by atoms with Crippen LogP contribution in [0.25, 0.3) is 11.1 Å². The Morgan fingerprint density at radius 1 is 0.833 bits per heavy atom. The third-order valence-electron chi connectivity index (χ3n) is 6.26. The fourth-order valence-electron chi connectivity index (χ4n) is 4.33. The Morgan fingerprint density at radius 3 is 1.79 bits per heavy atom. The van der Waals surface area contributed by atoms with Gasteiger partial charge in [0.05, 0.1) is 0 Å². The molecule has 0 heterocycles. The molecule has 24 heavy (non-hydrogen) atoms. The molecule has 2 aromatic rings. The molecule has 1 aliphatic rings. The zero-order valence-corrected chi connectivity index (χ0v) is 17.2. The molecule has 0 radical (unpaired) electrons. The molecular weight excluding hydrogens is 356 g/mol. The minimum absolute atomic E-state index is 0.173. The summed E-state index contributed by atoms with van der Waals surface area (Å²) < 4.78 is 0. The Labute approximate surface area is 155 Å². The van der Waals surface area contributed by atoms with Crippen molar-refractivity contribution in [1.82, 2.24) is 0 Å². The summed E-state index contributed by atoms with van der Waals surface area (Å²) in [4.78, 5) is 0.397. The molecule has 3 rings (SSSR count). The monoisotopic (exact) mass is 384 g/mol. The van der Waals surface area contributed by atoms with Gasteiger partial charge in [0, 0.05) is 10.2 Å². The van der Waals surface area contributed by atoms with Crippen LogP contribution in [0.1, 0.15) is 86.9 Å². The van der Waals surface area contributed by atoms with E-state index in [2.05, 4.69) is 86.9 Å². The van der Waals surface area contributed by atoms with E-state index in [1.807, 2.05) is 0 Å². The minimum Gasteiger partial charge on any atom is -0.0842 e. The first-order chi connectivity index (χ1) is 11.5. The first kappa shape index (κ1) is 17.7. The molecular formula is C23H29Br. The summed E-state index contributed by atoms with van der Waals surface area (Å²) in [6.45, 7) is 11.5. The number of hydrogen-bond donors (Lipinski definition) is 0. The number of rotatable bonds is 5. The molecule has 0 aromatic heterocycles. The molecule has 0 N–H and O–H groups in total. The van der Waals surface area contributed by atoms with Gasteiger partial charge in [-0.2, -0.15) is 0 Å². The van der Waals surface area contributed by atoms with Crippen molar-refractivity contribution in [3.8, 4) is 11.1 Å². The Kier molecular flexibility index (Phi) is 4.93. The number of hydrogen-bond acceptors (Lipinski definition) is 0. The summed E-state index contributed by atoms with van der Waals surface area (Å²) in [7, 11) is 0. The van der Waals surface area contributed by atoms with Crippen molar-refractivity contribution < 1.29 is 0 Å². The molecule has 0 nitrogen and oxygen atoms in total. The highest BCUT2D eigenvalue weighted by molar-refractivity contribution is 9.09. The van der Waals surface area contributed by atoms with Gasteiger partial charge in [0.1, 0.15) is 0 Å². The summed E-state index contributed by atoms with van der Waals surface area (Å²) in [6, 6.07) is 14.3. The van der Waals surface area contributed by atoms with Crippen LogP contribution in [0.3, 0.4) is 0 Å². The predicted octanol–water partition coefficient (Wildman–Crippen LogP) is 7.74. The summed E-state index contributed by atoms with van der Waals surface area (Å²) in [5, 5.41) is 0. The highest BCUT2D eigenvalue weighted by Crippen LogP contribution is 2.53. The largest absolute Gasteiger partial charge is 0.0842 e.